The zero-order valence-corrected chi connectivity index (χ0v) is 14.0. The summed E-state index contributed by atoms with van der Waals surface area (Å²) in [7, 11) is 0. The number of hydrogen-bond donors (Lipinski definition) is 2. The van der Waals surface area contributed by atoms with Crippen LogP contribution in [0, 0.1) is 0 Å². The Labute approximate surface area is 134 Å². The summed E-state index contributed by atoms with van der Waals surface area (Å²) >= 11 is 0. The topological polar surface area (TPSA) is 54.9 Å². The Hall–Kier alpha value is -1.75. The van der Waals surface area contributed by atoms with Crippen LogP contribution in [-0.2, 0) is 11.3 Å². The first kappa shape index (κ1) is 18.3. The molecule has 22 heavy (non-hydrogen) atoms. The Balaban J connectivity index is 2.53. The maximum atomic E-state index is 5.65. The van der Waals surface area contributed by atoms with Gasteiger partial charge in [0.1, 0.15) is 5.75 Å². The van der Waals surface area contributed by atoms with Crippen molar-refractivity contribution in [3.05, 3.63) is 29.8 Å². The van der Waals surface area contributed by atoms with Gasteiger partial charge in [-0.25, -0.2) is 4.99 Å². The Morgan fingerprint density at radius 1 is 1.14 bits per heavy atom. The van der Waals surface area contributed by atoms with E-state index in [1.807, 2.05) is 25.1 Å². The zero-order valence-electron chi connectivity index (χ0n) is 14.0. The van der Waals surface area contributed by atoms with Crippen molar-refractivity contribution >= 4 is 5.96 Å². The average molecular weight is 307 g/mol. The second-order valence-electron chi connectivity index (χ2n) is 4.81. The highest BCUT2D eigenvalue weighted by Gasteiger charge is 1.99. The summed E-state index contributed by atoms with van der Waals surface area (Å²) in [4.78, 5) is 4.59. The third-order valence-corrected chi connectivity index (χ3v) is 2.88. The minimum absolute atomic E-state index is 0.618. The molecule has 0 amide bonds. The molecule has 0 heterocycles. The lowest BCUT2D eigenvalue weighted by atomic mass is 10.2. The van der Waals surface area contributed by atoms with E-state index >= 15 is 0 Å². The summed E-state index contributed by atoms with van der Waals surface area (Å²) in [5, 5.41) is 6.49. The molecule has 124 valence electrons. The largest absolute Gasteiger partial charge is 0.494 e. The number of guanidine groups is 1. The molecule has 0 fully saturated rings. The standard InChI is InChI=1S/C17H29N3O2/c1-4-11-22-16-9-7-8-15(13-16)14-20-17(18-5-2)19-10-12-21-6-3/h7-9,13H,4-6,10-12,14H2,1-3H3,(H2,18,19,20). The number of nitrogens with one attached hydrogen (secondary N) is 2. The molecule has 0 saturated heterocycles. The van der Waals surface area contributed by atoms with Crippen LogP contribution in [0.15, 0.2) is 29.3 Å². The van der Waals surface area contributed by atoms with Crippen LogP contribution >= 0.6 is 0 Å². The summed E-state index contributed by atoms with van der Waals surface area (Å²) in [6.45, 7) is 10.5. The number of benzene rings is 1. The predicted molar refractivity (Wildman–Crippen MR) is 91.5 cm³/mol. The molecule has 0 saturated carbocycles. The molecule has 0 atom stereocenters. The molecule has 0 bridgehead atoms. The van der Waals surface area contributed by atoms with Gasteiger partial charge >= 0.3 is 0 Å². The Kier molecular flexibility index (Phi) is 9.87. The Morgan fingerprint density at radius 2 is 2.00 bits per heavy atom. The Morgan fingerprint density at radius 3 is 2.73 bits per heavy atom. The first-order valence-corrected chi connectivity index (χ1v) is 8.11. The van der Waals surface area contributed by atoms with Gasteiger partial charge in [-0.2, -0.15) is 0 Å². The molecule has 5 heteroatoms. The number of aliphatic imine (C=N–C) groups is 1. The fourth-order valence-electron chi connectivity index (χ4n) is 1.85. The number of nitrogens with zero attached hydrogens (tertiary/aromatic N) is 1. The minimum Gasteiger partial charge on any atom is -0.494 e. The van der Waals surface area contributed by atoms with Crippen LogP contribution in [0.2, 0.25) is 0 Å². The van der Waals surface area contributed by atoms with Gasteiger partial charge in [-0.3, -0.25) is 0 Å². The van der Waals surface area contributed by atoms with Crippen molar-refractivity contribution in [2.75, 3.05) is 32.9 Å². The molecule has 1 aromatic carbocycles. The van der Waals surface area contributed by atoms with Crippen molar-refractivity contribution in [3.63, 3.8) is 0 Å². The number of rotatable bonds is 10. The summed E-state index contributed by atoms with van der Waals surface area (Å²) in [5.74, 6) is 1.71. The molecule has 0 radical (unpaired) electrons. The molecular formula is C17H29N3O2. The molecule has 1 aromatic rings. The fourth-order valence-corrected chi connectivity index (χ4v) is 1.85. The normalized spacial score (nSPS) is 11.3. The Bertz CT molecular complexity index is 436. The number of ether oxygens (including phenoxy) is 2. The van der Waals surface area contributed by atoms with Gasteiger partial charge in [0.05, 0.1) is 19.8 Å². The first-order chi connectivity index (χ1) is 10.8. The van der Waals surface area contributed by atoms with Crippen LogP contribution in [0.25, 0.3) is 0 Å². The maximum absolute atomic E-state index is 5.65. The quantitative estimate of drug-likeness (QED) is 0.396. The molecule has 0 aliphatic heterocycles. The van der Waals surface area contributed by atoms with E-state index in [1.54, 1.807) is 0 Å². The van der Waals surface area contributed by atoms with Crippen LogP contribution in [-0.4, -0.2) is 38.9 Å². The molecule has 0 aromatic heterocycles. The van der Waals surface area contributed by atoms with E-state index in [1.165, 1.54) is 0 Å². The fraction of sp³-hybridized carbons (Fsp3) is 0.588. The van der Waals surface area contributed by atoms with Gasteiger partial charge in [-0.1, -0.05) is 19.1 Å². The highest BCUT2D eigenvalue weighted by molar-refractivity contribution is 5.79. The second-order valence-corrected chi connectivity index (χ2v) is 4.81. The predicted octanol–water partition coefficient (Wildman–Crippen LogP) is 2.57. The van der Waals surface area contributed by atoms with E-state index in [0.29, 0.717) is 13.2 Å². The van der Waals surface area contributed by atoms with Gasteiger partial charge in [0.2, 0.25) is 0 Å². The van der Waals surface area contributed by atoms with Crippen molar-refractivity contribution in [1.82, 2.24) is 10.6 Å². The summed E-state index contributed by atoms with van der Waals surface area (Å²) in [6.07, 6.45) is 1.01. The third-order valence-electron chi connectivity index (χ3n) is 2.88. The van der Waals surface area contributed by atoms with Crippen LogP contribution in [0.4, 0.5) is 0 Å². The van der Waals surface area contributed by atoms with E-state index in [0.717, 1.165) is 50.0 Å². The minimum atomic E-state index is 0.618. The summed E-state index contributed by atoms with van der Waals surface area (Å²) in [6, 6.07) is 8.09. The lowest BCUT2D eigenvalue weighted by Crippen LogP contribution is -2.39. The summed E-state index contributed by atoms with van der Waals surface area (Å²) in [5.41, 5.74) is 1.13. The van der Waals surface area contributed by atoms with Crippen molar-refractivity contribution in [3.8, 4) is 5.75 Å². The van der Waals surface area contributed by atoms with E-state index < -0.39 is 0 Å². The van der Waals surface area contributed by atoms with Crippen molar-refractivity contribution in [1.29, 1.82) is 0 Å². The molecule has 0 aliphatic carbocycles. The summed E-state index contributed by atoms with van der Waals surface area (Å²) < 4.78 is 11.0. The molecule has 0 aliphatic rings. The van der Waals surface area contributed by atoms with Crippen molar-refractivity contribution < 1.29 is 9.47 Å². The van der Waals surface area contributed by atoms with Crippen LogP contribution < -0.4 is 15.4 Å². The zero-order chi connectivity index (χ0) is 16.0. The molecular weight excluding hydrogens is 278 g/mol. The monoisotopic (exact) mass is 307 g/mol. The van der Waals surface area contributed by atoms with Crippen LogP contribution in [0.1, 0.15) is 32.8 Å². The lowest BCUT2D eigenvalue weighted by molar-refractivity contribution is 0.152. The van der Waals surface area contributed by atoms with Gasteiger partial charge in [-0.15, -0.1) is 0 Å². The van der Waals surface area contributed by atoms with Crippen LogP contribution in [0.3, 0.4) is 0 Å². The van der Waals surface area contributed by atoms with Gasteiger partial charge in [0.25, 0.3) is 0 Å². The first-order valence-electron chi connectivity index (χ1n) is 8.11. The third kappa shape index (κ3) is 7.88. The van der Waals surface area contributed by atoms with Gasteiger partial charge in [0.15, 0.2) is 5.96 Å². The second kappa shape index (κ2) is 11.9. The highest BCUT2D eigenvalue weighted by Crippen LogP contribution is 2.14. The molecule has 1 rings (SSSR count). The van der Waals surface area contributed by atoms with E-state index in [-0.39, 0.29) is 0 Å². The van der Waals surface area contributed by atoms with E-state index in [2.05, 4.69) is 35.5 Å². The number of hydrogen-bond acceptors (Lipinski definition) is 3. The van der Waals surface area contributed by atoms with E-state index in [9.17, 15) is 0 Å². The highest BCUT2D eigenvalue weighted by atomic mass is 16.5. The van der Waals surface area contributed by atoms with Crippen molar-refractivity contribution in [2.24, 2.45) is 4.99 Å². The maximum Gasteiger partial charge on any atom is 0.191 e. The molecule has 2 N–H and O–H groups in total. The van der Waals surface area contributed by atoms with Crippen LogP contribution in [0.5, 0.6) is 5.75 Å². The average Bonchev–Trinajstić information content (AvgIpc) is 2.55. The smallest absolute Gasteiger partial charge is 0.191 e. The van der Waals surface area contributed by atoms with Crippen molar-refractivity contribution in [2.45, 2.75) is 33.7 Å². The lowest BCUT2D eigenvalue weighted by Gasteiger charge is -2.11. The SMILES string of the molecule is CCCOc1cccc(CN=C(NCC)NCCOCC)c1. The molecule has 0 spiro atoms. The molecule has 0 unspecified atom stereocenters. The van der Waals surface area contributed by atoms with E-state index in [4.69, 9.17) is 9.47 Å². The van der Waals surface area contributed by atoms with Gasteiger partial charge in [-0.05, 0) is 38.0 Å². The molecule has 5 nitrogen and oxygen atoms in total. The van der Waals surface area contributed by atoms with Gasteiger partial charge < -0.3 is 20.1 Å². The van der Waals surface area contributed by atoms with Gasteiger partial charge in [0, 0.05) is 19.7 Å².